The summed E-state index contributed by atoms with van der Waals surface area (Å²) in [5.74, 6) is 0.180. The molecule has 0 unspecified atom stereocenters. The predicted octanol–water partition coefficient (Wildman–Crippen LogP) is 1.52. The van der Waals surface area contributed by atoms with Crippen LogP contribution >= 0.6 is 0 Å². The van der Waals surface area contributed by atoms with E-state index in [4.69, 9.17) is 15.3 Å². The van der Waals surface area contributed by atoms with Gasteiger partial charge in [0.25, 0.3) is 0 Å². The zero-order valence-corrected chi connectivity index (χ0v) is 5.66. The van der Waals surface area contributed by atoms with Crippen LogP contribution in [0.1, 0.15) is 0 Å². The van der Waals surface area contributed by atoms with Crippen LogP contribution in [0.4, 0.5) is 5.69 Å². The standard InChI is InChI=1S/C8H6NO2/c9-7-4-11-8-2-1-5(10)3-6(7)8/h1-3,10H,9H2. The highest BCUT2D eigenvalue weighted by molar-refractivity contribution is 5.89. The molecule has 2 aromatic rings. The van der Waals surface area contributed by atoms with Gasteiger partial charge in [-0.3, -0.25) is 0 Å². The Morgan fingerprint density at radius 2 is 2.27 bits per heavy atom. The summed E-state index contributed by atoms with van der Waals surface area (Å²) in [6, 6.07) is 4.74. The topological polar surface area (TPSA) is 59.4 Å². The summed E-state index contributed by atoms with van der Waals surface area (Å²) in [7, 11) is 0. The fourth-order valence-corrected chi connectivity index (χ4v) is 0.982. The van der Waals surface area contributed by atoms with Gasteiger partial charge < -0.3 is 15.3 Å². The highest BCUT2D eigenvalue weighted by atomic mass is 16.3. The Kier molecular flexibility index (Phi) is 1.06. The van der Waals surface area contributed by atoms with Gasteiger partial charge in [0.15, 0.2) is 6.26 Å². The van der Waals surface area contributed by atoms with Gasteiger partial charge in [0.2, 0.25) is 0 Å². The van der Waals surface area contributed by atoms with Crippen LogP contribution in [0, 0.1) is 6.26 Å². The maximum Gasteiger partial charge on any atom is 0.195 e. The molecule has 0 spiro atoms. The molecule has 1 aromatic carbocycles. The van der Waals surface area contributed by atoms with E-state index in [-0.39, 0.29) is 5.75 Å². The summed E-state index contributed by atoms with van der Waals surface area (Å²) < 4.78 is 4.94. The smallest absolute Gasteiger partial charge is 0.195 e. The van der Waals surface area contributed by atoms with Crippen LogP contribution in [0.3, 0.4) is 0 Å². The molecule has 0 aliphatic carbocycles. The summed E-state index contributed by atoms with van der Waals surface area (Å²) in [6.45, 7) is 0. The van der Waals surface area contributed by atoms with Crippen molar-refractivity contribution in [3.8, 4) is 5.75 Å². The van der Waals surface area contributed by atoms with E-state index >= 15 is 0 Å². The molecule has 0 saturated heterocycles. The van der Waals surface area contributed by atoms with E-state index in [0.717, 1.165) is 0 Å². The number of aromatic hydroxyl groups is 1. The number of nitrogen functional groups attached to an aromatic ring is 1. The number of nitrogens with two attached hydrogens (primary N) is 1. The van der Waals surface area contributed by atoms with Crippen molar-refractivity contribution in [1.82, 2.24) is 0 Å². The summed E-state index contributed by atoms with van der Waals surface area (Å²) in [5, 5.41) is 9.76. The van der Waals surface area contributed by atoms with Crippen molar-refractivity contribution in [2.24, 2.45) is 0 Å². The Labute approximate surface area is 63.0 Å². The van der Waals surface area contributed by atoms with Gasteiger partial charge in [0, 0.05) is 5.39 Å². The molecule has 55 valence electrons. The zero-order valence-electron chi connectivity index (χ0n) is 5.66. The van der Waals surface area contributed by atoms with Crippen molar-refractivity contribution in [2.45, 2.75) is 0 Å². The number of fused-ring (bicyclic) bond motifs is 1. The van der Waals surface area contributed by atoms with Crippen LogP contribution in [-0.4, -0.2) is 5.11 Å². The number of anilines is 1. The van der Waals surface area contributed by atoms with Gasteiger partial charge in [0.1, 0.15) is 11.3 Å². The minimum atomic E-state index is 0.180. The summed E-state index contributed by atoms with van der Waals surface area (Å²) in [5.41, 5.74) is 6.55. The first-order valence-electron chi connectivity index (χ1n) is 3.16. The van der Waals surface area contributed by atoms with E-state index in [0.29, 0.717) is 16.7 Å². The SMILES string of the molecule is Nc1[c]oc2ccc(O)cc12. The molecule has 0 bridgehead atoms. The third kappa shape index (κ3) is 0.816. The highest BCUT2D eigenvalue weighted by Crippen LogP contribution is 2.25. The Balaban J connectivity index is 2.87. The lowest BCUT2D eigenvalue weighted by atomic mass is 10.2. The maximum absolute atomic E-state index is 9.06. The average molecular weight is 148 g/mol. The normalized spacial score (nSPS) is 10.5. The summed E-state index contributed by atoms with van der Waals surface area (Å²) >= 11 is 0. The van der Waals surface area contributed by atoms with E-state index in [1.165, 1.54) is 0 Å². The number of phenolic OH excluding ortho intramolecular Hbond substituents is 1. The molecule has 1 aromatic heterocycles. The molecule has 3 heteroatoms. The van der Waals surface area contributed by atoms with Gasteiger partial charge in [-0.1, -0.05) is 0 Å². The minimum Gasteiger partial charge on any atom is -0.508 e. The molecule has 0 aliphatic heterocycles. The Bertz CT molecular complexity index is 392. The molecule has 0 saturated carbocycles. The molecular weight excluding hydrogens is 142 g/mol. The molecule has 2 rings (SSSR count). The number of furan rings is 1. The van der Waals surface area contributed by atoms with Crippen molar-refractivity contribution in [1.29, 1.82) is 0 Å². The highest BCUT2D eigenvalue weighted by Gasteiger charge is 2.02. The molecule has 11 heavy (non-hydrogen) atoms. The van der Waals surface area contributed by atoms with Crippen LogP contribution in [0.15, 0.2) is 22.6 Å². The van der Waals surface area contributed by atoms with Crippen molar-refractivity contribution in [3.63, 3.8) is 0 Å². The Hall–Kier alpha value is -1.64. The van der Waals surface area contributed by atoms with Gasteiger partial charge in [0.05, 0.1) is 5.69 Å². The second kappa shape index (κ2) is 1.92. The molecule has 0 atom stereocenters. The van der Waals surface area contributed by atoms with E-state index in [2.05, 4.69) is 6.26 Å². The Morgan fingerprint density at radius 3 is 3.09 bits per heavy atom. The summed E-state index contributed by atoms with van der Waals surface area (Å²) in [4.78, 5) is 0. The van der Waals surface area contributed by atoms with Crippen LogP contribution in [0.2, 0.25) is 0 Å². The first kappa shape index (κ1) is 6.09. The minimum absolute atomic E-state index is 0.180. The number of hydrogen-bond donors (Lipinski definition) is 2. The third-order valence-corrected chi connectivity index (χ3v) is 1.52. The van der Waals surface area contributed by atoms with Gasteiger partial charge in [-0.2, -0.15) is 0 Å². The average Bonchev–Trinajstić information content (AvgIpc) is 2.33. The van der Waals surface area contributed by atoms with Crippen molar-refractivity contribution in [2.75, 3.05) is 5.73 Å². The van der Waals surface area contributed by atoms with Crippen molar-refractivity contribution < 1.29 is 9.52 Å². The molecule has 0 amide bonds. The van der Waals surface area contributed by atoms with Crippen LogP contribution < -0.4 is 5.73 Å². The summed E-state index contributed by atoms with van der Waals surface area (Å²) in [6.07, 6.45) is 2.50. The second-order valence-corrected chi connectivity index (χ2v) is 2.30. The van der Waals surface area contributed by atoms with Gasteiger partial charge in [-0.25, -0.2) is 0 Å². The van der Waals surface area contributed by atoms with E-state index < -0.39 is 0 Å². The quantitative estimate of drug-likeness (QED) is 0.595. The molecule has 1 radical (unpaired) electrons. The monoisotopic (exact) mass is 148 g/mol. The zero-order chi connectivity index (χ0) is 7.84. The van der Waals surface area contributed by atoms with Gasteiger partial charge in [-0.15, -0.1) is 0 Å². The Morgan fingerprint density at radius 1 is 1.45 bits per heavy atom. The van der Waals surface area contributed by atoms with Gasteiger partial charge in [-0.05, 0) is 18.2 Å². The van der Waals surface area contributed by atoms with Crippen LogP contribution in [-0.2, 0) is 0 Å². The van der Waals surface area contributed by atoms with Crippen molar-refractivity contribution >= 4 is 16.7 Å². The number of phenols is 1. The van der Waals surface area contributed by atoms with E-state index in [1.54, 1.807) is 18.2 Å². The predicted molar refractivity (Wildman–Crippen MR) is 41.1 cm³/mol. The first-order chi connectivity index (χ1) is 5.27. The fraction of sp³-hybridized carbons (Fsp3) is 0. The van der Waals surface area contributed by atoms with E-state index in [9.17, 15) is 0 Å². The first-order valence-corrected chi connectivity index (χ1v) is 3.16. The molecule has 1 heterocycles. The fourth-order valence-electron chi connectivity index (χ4n) is 0.982. The molecule has 0 aliphatic rings. The third-order valence-electron chi connectivity index (χ3n) is 1.52. The van der Waals surface area contributed by atoms with Crippen molar-refractivity contribution in [3.05, 3.63) is 24.5 Å². The number of rotatable bonds is 0. The lowest BCUT2D eigenvalue weighted by molar-refractivity contribution is 0.476. The van der Waals surface area contributed by atoms with E-state index in [1.807, 2.05) is 0 Å². The second-order valence-electron chi connectivity index (χ2n) is 2.30. The van der Waals surface area contributed by atoms with Gasteiger partial charge >= 0.3 is 0 Å². The largest absolute Gasteiger partial charge is 0.508 e. The lowest BCUT2D eigenvalue weighted by Crippen LogP contribution is -1.79. The number of hydrogen-bond acceptors (Lipinski definition) is 3. The molecule has 3 nitrogen and oxygen atoms in total. The van der Waals surface area contributed by atoms with Crippen LogP contribution in [0.5, 0.6) is 5.75 Å². The van der Waals surface area contributed by atoms with Crippen LogP contribution in [0.25, 0.3) is 11.0 Å². The molecule has 0 fully saturated rings. The molecule has 3 N–H and O–H groups in total. The lowest BCUT2D eigenvalue weighted by Gasteiger charge is -1.90. The molecular formula is C8H6NO2. The number of benzene rings is 1. The maximum atomic E-state index is 9.06.